The molecule has 0 fully saturated rings. The molecule has 0 aliphatic heterocycles. The van der Waals surface area contributed by atoms with Gasteiger partial charge >= 0.3 is 0 Å². The smallest absolute Gasteiger partial charge is 0.119 e. The summed E-state index contributed by atoms with van der Waals surface area (Å²) in [5.74, 6) is 1.52. The highest BCUT2D eigenvalue weighted by atomic mass is 32.1. The standard InChI is InChI=1S/C16H22N2OS/c1-3-17-10-14(9-16-11-18-12-20-16)7-13-5-4-6-15(8-13)19-2/h4-6,8,11-12,14,17H,3,7,9-10H2,1-2H3. The van der Waals surface area contributed by atoms with Crippen molar-refractivity contribution in [3.63, 3.8) is 0 Å². The molecule has 1 N–H and O–H groups in total. The third-order valence-corrected chi connectivity index (χ3v) is 4.12. The van der Waals surface area contributed by atoms with Crippen molar-refractivity contribution in [2.75, 3.05) is 20.2 Å². The average molecular weight is 290 g/mol. The topological polar surface area (TPSA) is 34.1 Å². The minimum absolute atomic E-state index is 0.586. The van der Waals surface area contributed by atoms with Crippen molar-refractivity contribution < 1.29 is 4.74 Å². The van der Waals surface area contributed by atoms with E-state index in [0.29, 0.717) is 5.92 Å². The Bertz CT molecular complexity index is 499. The SMILES string of the molecule is CCNCC(Cc1cccc(OC)c1)Cc1cncs1. The van der Waals surface area contributed by atoms with Crippen LogP contribution in [0, 0.1) is 5.92 Å². The molecule has 0 aliphatic carbocycles. The Morgan fingerprint density at radius 3 is 2.95 bits per heavy atom. The number of benzene rings is 1. The van der Waals surface area contributed by atoms with Crippen molar-refractivity contribution in [2.45, 2.75) is 19.8 Å². The monoisotopic (exact) mass is 290 g/mol. The summed E-state index contributed by atoms with van der Waals surface area (Å²) in [5.41, 5.74) is 3.24. The van der Waals surface area contributed by atoms with E-state index >= 15 is 0 Å². The molecular weight excluding hydrogens is 268 g/mol. The van der Waals surface area contributed by atoms with Crippen LogP contribution in [0.5, 0.6) is 5.75 Å². The van der Waals surface area contributed by atoms with Gasteiger partial charge in [-0.15, -0.1) is 11.3 Å². The molecule has 0 amide bonds. The molecule has 1 heterocycles. The first-order chi connectivity index (χ1) is 9.81. The number of nitrogens with zero attached hydrogens (tertiary/aromatic N) is 1. The van der Waals surface area contributed by atoms with Crippen molar-refractivity contribution in [3.05, 3.63) is 46.4 Å². The minimum atomic E-state index is 0.586. The summed E-state index contributed by atoms with van der Waals surface area (Å²) in [6.07, 6.45) is 4.12. The molecule has 1 aromatic carbocycles. The van der Waals surface area contributed by atoms with Gasteiger partial charge < -0.3 is 10.1 Å². The van der Waals surface area contributed by atoms with Gasteiger partial charge in [-0.05, 0) is 49.5 Å². The van der Waals surface area contributed by atoms with Gasteiger partial charge in [0.1, 0.15) is 5.75 Å². The second-order valence-corrected chi connectivity index (χ2v) is 5.87. The Labute approximate surface area is 125 Å². The molecule has 4 heteroatoms. The van der Waals surface area contributed by atoms with Crippen LogP contribution >= 0.6 is 11.3 Å². The fourth-order valence-corrected chi connectivity index (χ4v) is 3.04. The van der Waals surface area contributed by atoms with Gasteiger partial charge in [-0.1, -0.05) is 19.1 Å². The van der Waals surface area contributed by atoms with Crippen molar-refractivity contribution in [2.24, 2.45) is 5.92 Å². The lowest BCUT2D eigenvalue weighted by Crippen LogP contribution is -2.25. The summed E-state index contributed by atoms with van der Waals surface area (Å²) in [7, 11) is 1.71. The van der Waals surface area contributed by atoms with E-state index in [1.807, 2.05) is 17.8 Å². The second kappa shape index (κ2) is 8.02. The molecule has 1 aromatic heterocycles. The number of aromatic nitrogens is 1. The summed E-state index contributed by atoms with van der Waals surface area (Å²) in [6.45, 7) is 4.19. The average Bonchev–Trinajstić information content (AvgIpc) is 2.98. The zero-order chi connectivity index (χ0) is 14.2. The largest absolute Gasteiger partial charge is 0.497 e. The predicted octanol–water partition coefficient (Wildman–Crippen LogP) is 3.16. The molecule has 0 bridgehead atoms. The minimum Gasteiger partial charge on any atom is -0.497 e. The zero-order valence-electron chi connectivity index (χ0n) is 12.1. The quantitative estimate of drug-likeness (QED) is 0.811. The van der Waals surface area contributed by atoms with Gasteiger partial charge in [-0.2, -0.15) is 0 Å². The number of thiazole rings is 1. The summed E-state index contributed by atoms with van der Waals surface area (Å²) in [4.78, 5) is 5.53. The van der Waals surface area contributed by atoms with Gasteiger partial charge in [0.15, 0.2) is 0 Å². The van der Waals surface area contributed by atoms with Gasteiger partial charge in [0, 0.05) is 11.1 Å². The van der Waals surface area contributed by atoms with Crippen molar-refractivity contribution in [1.29, 1.82) is 0 Å². The van der Waals surface area contributed by atoms with Gasteiger partial charge in [-0.3, -0.25) is 4.98 Å². The van der Waals surface area contributed by atoms with Gasteiger partial charge in [0.05, 0.1) is 12.6 Å². The molecule has 0 spiro atoms. The van der Waals surface area contributed by atoms with Crippen molar-refractivity contribution >= 4 is 11.3 Å². The summed E-state index contributed by atoms with van der Waals surface area (Å²) in [6, 6.07) is 8.36. The van der Waals surface area contributed by atoms with E-state index in [0.717, 1.165) is 31.7 Å². The van der Waals surface area contributed by atoms with Crippen LogP contribution in [0.1, 0.15) is 17.4 Å². The molecule has 108 valence electrons. The van der Waals surface area contributed by atoms with Gasteiger partial charge in [0.2, 0.25) is 0 Å². The summed E-state index contributed by atoms with van der Waals surface area (Å²) >= 11 is 1.74. The summed E-state index contributed by atoms with van der Waals surface area (Å²) < 4.78 is 5.30. The lowest BCUT2D eigenvalue weighted by Gasteiger charge is -2.17. The molecule has 20 heavy (non-hydrogen) atoms. The van der Waals surface area contributed by atoms with Crippen molar-refractivity contribution in [3.8, 4) is 5.75 Å². The number of ether oxygens (including phenoxy) is 1. The Kier molecular flexibility index (Phi) is 6.02. The number of hydrogen-bond acceptors (Lipinski definition) is 4. The molecule has 1 atom stereocenters. The molecule has 3 nitrogen and oxygen atoms in total. The van der Waals surface area contributed by atoms with E-state index in [1.54, 1.807) is 18.4 Å². The highest BCUT2D eigenvalue weighted by molar-refractivity contribution is 7.09. The van der Waals surface area contributed by atoms with Crippen LogP contribution in [-0.2, 0) is 12.8 Å². The Morgan fingerprint density at radius 2 is 2.25 bits per heavy atom. The van der Waals surface area contributed by atoms with E-state index < -0.39 is 0 Å². The van der Waals surface area contributed by atoms with Gasteiger partial charge in [-0.25, -0.2) is 0 Å². The molecule has 2 aromatic rings. The van der Waals surface area contributed by atoms with E-state index in [2.05, 4.69) is 35.4 Å². The molecule has 2 rings (SSSR count). The highest BCUT2D eigenvalue weighted by Crippen LogP contribution is 2.19. The van der Waals surface area contributed by atoms with E-state index in [1.165, 1.54) is 10.4 Å². The van der Waals surface area contributed by atoms with E-state index in [-0.39, 0.29) is 0 Å². The molecule has 0 radical (unpaired) electrons. The Hall–Kier alpha value is -1.39. The molecule has 0 saturated carbocycles. The van der Waals surface area contributed by atoms with Crippen LogP contribution in [0.15, 0.2) is 36.0 Å². The zero-order valence-corrected chi connectivity index (χ0v) is 13.0. The maximum absolute atomic E-state index is 5.30. The lowest BCUT2D eigenvalue weighted by molar-refractivity contribution is 0.413. The molecule has 0 aliphatic rings. The number of hydrogen-bond donors (Lipinski definition) is 1. The molecule has 0 saturated heterocycles. The molecule has 1 unspecified atom stereocenters. The first-order valence-corrected chi connectivity index (χ1v) is 7.90. The fraction of sp³-hybridized carbons (Fsp3) is 0.438. The second-order valence-electron chi connectivity index (χ2n) is 4.90. The number of rotatable bonds is 8. The van der Waals surface area contributed by atoms with E-state index in [4.69, 9.17) is 4.74 Å². The Balaban J connectivity index is 2.02. The van der Waals surface area contributed by atoms with Crippen LogP contribution in [0.4, 0.5) is 0 Å². The van der Waals surface area contributed by atoms with Crippen LogP contribution in [0.2, 0.25) is 0 Å². The number of methoxy groups -OCH3 is 1. The third kappa shape index (κ3) is 4.62. The Morgan fingerprint density at radius 1 is 1.35 bits per heavy atom. The van der Waals surface area contributed by atoms with E-state index in [9.17, 15) is 0 Å². The first kappa shape index (κ1) is 15.0. The predicted molar refractivity (Wildman–Crippen MR) is 84.5 cm³/mol. The summed E-state index contributed by atoms with van der Waals surface area (Å²) in [5, 5.41) is 3.46. The maximum Gasteiger partial charge on any atom is 0.119 e. The van der Waals surface area contributed by atoms with Gasteiger partial charge in [0.25, 0.3) is 0 Å². The third-order valence-electron chi connectivity index (χ3n) is 3.31. The van der Waals surface area contributed by atoms with Crippen LogP contribution < -0.4 is 10.1 Å². The number of nitrogens with one attached hydrogen (secondary N) is 1. The lowest BCUT2D eigenvalue weighted by atomic mass is 9.95. The first-order valence-electron chi connectivity index (χ1n) is 7.02. The van der Waals surface area contributed by atoms with Crippen molar-refractivity contribution in [1.82, 2.24) is 10.3 Å². The normalized spacial score (nSPS) is 12.3. The molecular formula is C16H22N2OS. The van der Waals surface area contributed by atoms with Crippen LogP contribution in [0.3, 0.4) is 0 Å². The van der Waals surface area contributed by atoms with Crippen LogP contribution in [-0.4, -0.2) is 25.2 Å². The fourth-order valence-electron chi connectivity index (χ4n) is 2.33. The maximum atomic E-state index is 5.30. The highest BCUT2D eigenvalue weighted by Gasteiger charge is 2.12. The van der Waals surface area contributed by atoms with Crippen LogP contribution in [0.25, 0.3) is 0 Å².